The molecule has 6 heteroatoms. The maximum Gasteiger partial charge on any atom is 0.258 e. The predicted molar refractivity (Wildman–Crippen MR) is 127 cm³/mol. The van der Waals surface area contributed by atoms with Crippen molar-refractivity contribution in [3.8, 4) is 5.75 Å². The Hall–Kier alpha value is -2.99. The lowest BCUT2D eigenvalue weighted by molar-refractivity contribution is -0.130. The molecule has 3 aromatic rings. The zero-order valence-corrected chi connectivity index (χ0v) is 18.7. The van der Waals surface area contributed by atoms with E-state index < -0.39 is 6.04 Å². The topological polar surface area (TPSA) is 67.4 Å². The van der Waals surface area contributed by atoms with Gasteiger partial charge < -0.3 is 15.4 Å². The number of carbonyl (C=O) groups is 2. The van der Waals surface area contributed by atoms with Crippen molar-refractivity contribution in [2.24, 2.45) is 0 Å². The number of thioether (sulfide) groups is 1. The Balaban J connectivity index is 1.63. The molecule has 2 N–H and O–H groups in total. The molecule has 0 radical (unpaired) electrons. The highest BCUT2D eigenvalue weighted by molar-refractivity contribution is 7.98. The summed E-state index contributed by atoms with van der Waals surface area (Å²) >= 11 is 1.64. The molecule has 2 amide bonds. The lowest BCUT2D eigenvalue weighted by Gasteiger charge is -2.22. The van der Waals surface area contributed by atoms with Crippen LogP contribution in [0.25, 0.3) is 10.8 Å². The first-order chi connectivity index (χ1) is 15.1. The zero-order chi connectivity index (χ0) is 22.1. The van der Waals surface area contributed by atoms with E-state index in [2.05, 4.69) is 28.8 Å². The number of ether oxygens (including phenoxy) is 1. The minimum absolute atomic E-state index is 0.133. The number of hydrogen-bond donors (Lipinski definition) is 2. The molecule has 31 heavy (non-hydrogen) atoms. The van der Waals surface area contributed by atoms with Crippen molar-refractivity contribution < 1.29 is 14.3 Å². The van der Waals surface area contributed by atoms with Gasteiger partial charge in [-0.15, -0.1) is 0 Å². The molecule has 0 saturated heterocycles. The fourth-order valence-corrected chi connectivity index (χ4v) is 3.90. The molecule has 162 valence electrons. The van der Waals surface area contributed by atoms with Gasteiger partial charge in [-0.3, -0.25) is 9.59 Å². The van der Waals surface area contributed by atoms with Gasteiger partial charge >= 0.3 is 0 Å². The Labute approximate surface area is 187 Å². The van der Waals surface area contributed by atoms with E-state index >= 15 is 0 Å². The van der Waals surface area contributed by atoms with Crippen LogP contribution >= 0.6 is 11.8 Å². The van der Waals surface area contributed by atoms with E-state index in [1.807, 2.05) is 55.6 Å². The summed E-state index contributed by atoms with van der Waals surface area (Å²) in [6.07, 6.45) is 2.53. The van der Waals surface area contributed by atoms with Crippen LogP contribution in [0.4, 0.5) is 0 Å². The van der Waals surface area contributed by atoms with Crippen LogP contribution in [0.2, 0.25) is 0 Å². The number of benzene rings is 3. The molecule has 3 aromatic carbocycles. The lowest BCUT2D eigenvalue weighted by Crippen LogP contribution is -2.48. The quantitative estimate of drug-likeness (QED) is 0.496. The molecule has 0 aliphatic carbocycles. The zero-order valence-electron chi connectivity index (χ0n) is 17.8. The van der Waals surface area contributed by atoms with Crippen molar-refractivity contribution in [2.75, 3.05) is 18.6 Å². The van der Waals surface area contributed by atoms with E-state index in [0.29, 0.717) is 12.2 Å². The second kappa shape index (κ2) is 11.4. The Bertz CT molecular complexity index is 1000. The summed E-state index contributed by atoms with van der Waals surface area (Å²) in [6, 6.07) is 22.5. The number of amides is 2. The second-order valence-electron chi connectivity index (χ2n) is 7.30. The van der Waals surface area contributed by atoms with E-state index in [-0.39, 0.29) is 24.5 Å². The van der Waals surface area contributed by atoms with Crippen molar-refractivity contribution in [1.82, 2.24) is 10.6 Å². The van der Waals surface area contributed by atoms with Gasteiger partial charge in [0.15, 0.2) is 6.61 Å². The molecule has 5 nitrogen and oxygen atoms in total. The molecule has 0 saturated carbocycles. The molecule has 3 rings (SSSR count). The van der Waals surface area contributed by atoms with Gasteiger partial charge in [0.05, 0.1) is 6.04 Å². The summed E-state index contributed by atoms with van der Waals surface area (Å²) in [4.78, 5) is 25.4. The predicted octanol–water partition coefficient (Wildman–Crippen LogP) is 4.33. The molecule has 0 aliphatic rings. The Morgan fingerprint density at radius 3 is 2.42 bits per heavy atom. The molecule has 0 spiro atoms. The molecule has 0 heterocycles. The van der Waals surface area contributed by atoms with Gasteiger partial charge in [0.2, 0.25) is 5.91 Å². The highest BCUT2D eigenvalue weighted by atomic mass is 32.2. The first kappa shape index (κ1) is 22.7. The smallest absolute Gasteiger partial charge is 0.258 e. The monoisotopic (exact) mass is 436 g/mol. The van der Waals surface area contributed by atoms with Gasteiger partial charge in [-0.25, -0.2) is 0 Å². The van der Waals surface area contributed by atoms with Crippen LogP contribution in [-0.2, 0) is 9.59 Å². The SMILES string of the molecule is CSCCC(NC(=O)COc1ccccc1)C(=O)NC(C)c1cccc2ccccc12. The first-order valence-corrected chi connectivity index (χ1v) is 11.7. The number of nitrogens with one attached hydrogen (secondary N) is 2. The Morgan fingerprint density at radius 2 is 1.65 bits per heavy atom. The van der Waals surface area contributed by atoms with Gasteiger partial charge in [0.25, 0.3) is 5.91 Å². The first-order valence-electron chi connectivity index (χ1n) is 10.3. The minimum Gasteiger partial charge on any atom is -0.484 e. The highest BCUT2D eigenvalue weighted by Crippen LogP contribution is 2.24. The van der Waals surface area contributed by atoms with Gasteiger partial charge in [0.1, 0.15) is 11.8 Å². The van der Waals surface area contributed by atoms with Crippen molar-refractivity contribution in [1.29, 1.82) is 0 Å². The molecule has 0 aromatic heterocycles. The third-order valence-corrected chi connectivity index (χ3v) is 5.67. The van der Waals surface area contributed by atoms with E-state index in [0.717, 1.165) is 22.1 Å². The van der Waals surface area contributed by atoms with E-state index in [1.165, 1.54) is 0 Å². The highest BCUT2D eigenvalue weighted by Gasteiger charge is 2.23. The van der Waals surface area contributed by atoms with Crippen molar-refractivity contribution in [2.45, 2.75) is 25.4 Å². The number of fused-ring (bicyclic) bond motifs is 1. The molecule has 0 aliphatic heterocycles. The van der Waals surface area contributed by atoms with Gasteiger partial charge in [-0.2, -0.15) is 11.8 Å². The van der Waals surface area contributed by atoms with Crippen LogP contribution in [0.5, 0.6) is 5.75 Å². The number of carbonyl (C=O) groups excluding carboxylic acids is 2. The van der Waals surface area contributed by atoms with E-state index in [9.17, 15) is 9.59 Å². The van der Waals surface area contributed by atoms with Crippen molar-refractivity contribution in [3.63, 3.8) is 0 Å². The van der Waals surface area contributed by atoms with Crippen molar-refractivity contribution in [3.05, 3.63) is 78.4 Å². The van der Waals surface area contributed by atoms with Gasteiger partial charge in [0, 0.05) is 0 Å². The number of hydrogen-bond acceptors (Lipinski definition) is 4. The Morgan fingerprint density at radius 1 is 0.935 bits per heavy atom. The van der Waals surface area contributed by atoms with Crippen molar-refractivity contribution >= 4 is 34.3 Å². The molecular weight excluding hydrogens is 408 g/mol. The minimum atomic E-state index is -0.614. The normalized spacial score (nSPS) is 12.7. The molecule has 2 atom stereocenters. The third kappa shape index (κ3) is 6.49. The summed E-state index contributed by atoms with van der Waals surface area (Å²) in [7, 11) is 0. The fourth-order valence-electron chi connectivity index (χ4n) is 3.43. The summed E-state index contributed by atoms with van der Waals surface area (Å²) < 4.78 is 5.50. The molecule has 0 fully saturated rings. The van der Waals surface area contributed by atoms with Crippen LogP contribution in [0.15, 0.2) is 72.8 Å². The average molecular weight is 437 g/mol. The summed E-state index contributed by atoms with van der Waals surface area (Å²) in [5, 5.41) is 8.14. The van der Waals surface area contributed by atoms with Crippen LogP contribution in [0.1, 0.15) is 24.9 Å². The molecule has 0 bridgehead atoms. The maximum atomic E-state index is 13.0. The van der Waals surface area contributed by atoms with Gasteiger partial charge in [-0.1, -0.05) is 60.7 Å². The van der Waals surface area contributed by atoms with Crippen LogP contribution in [0, 0.1) is 0 Å². The summed E-state index contributed by atoms with van der Waals surface area (Å²) in [5.74, 6) is 0.874. The molecule has 2 unspecified atom stereocenters. The maximum absolute atomic E-state index is 13.0. The number of rotatable bonds is 10. The standard InChI is InChI=1S/C25H28N2O3S/c1-18(21-14-8-10-19-9-6-7-13-22(19)21)26-25(29)23(15-16-31-2)27-24(28)17-30-20-11-4-3-5-12-20/h3-14,18,23H,15-17H2,1-2H3,(H,26,29)(H,27,28). The van der Waals surface area contributed by atoms with E-state index in [4.69, 9.17) is 4.74 Å². The summed E-state index contributed by atoms with van der Waals surface area (Å²) in [6.45, 7) is 1.83. The number of para-hydroxylation sites is 1. The fraction of sp³-hybridized carbons (Fsp3) is 0.280. The average Bonchev–Trinajstić information content (AvgIpc) is 2.80. The van der Waals surface area contributed by atoms with E-state index in [1.54, 1.807) is 23.9 Å². The Kier molecular flexibility index (Phi) is 8.35. The lowest BCUT2D eigenvalue weighted by atomic mass is 9.99. The van der Waals surface area contributed by atoms with Gasteiger partial charge in [-0.05, 0) is 53.8 Å². The summed E-state index contributed by atoms with van der Waals surface area (Å²) in [5.41, 5.74) is 1.05. The second-order valence-corrected chi connectivity index (χ2v) is 8.29. The third-order valence-electron chi connectivity index (χ3n) is 5.02. The largest absolute Gasteiger partial charge is 0.484 e. The van der Waals surface area contributed by atoms with Crippen LogP contribution in [-0.4, -0.2) is 36.5 Å². The van der Waals surface area contributed by atoms with Crippen LogP contribution in [0.3, 0.4) is 0 Å². The van der Waals surface area contributed by atoms with Crippen LogP contribution < -0.4 is 15.4 Å². The molecular formula is C25H28N2O3S.